The van der Waals surface area contributed by atoms with Gasteiger partial charge in [0.15, 0.2) is 0 Å². The van der Waals surface area contributed by atoms with Gasteiger partial charge in [-0.25, -0.2) is 0 Å². The summed E-state index contributed by atoms with van der Waals surface area (Å²) in [4.78, 5) is 10.7. The smallest absolute Gasteiger partial charge is 0.320 e. The van der Waals surface area contributed by atoms with Crippen molar-refractivity contribution in [2.45, 2.75) is 32.9 Å². The van der Waals surface area contributed by atoms with Crippen molar-refractivity contribution < 1.29 is 9.90 Å². The number of nitrogens with zero attached hydrogens (tertiary/aromatic N) is 2. The van der Waals surface area contributed by atoms with Gasteiger partial charge in [-0.05, 0) is 29.8 Å². The van der Waals surface area contributed by atoms with Crippen molar-refractivity contribution in [2.24, 2.45) is 5.73 Å². The first-order valence-corrected chi connectivity index (χ1v) is 5.46. The Morgan fingerprint density at radius 3 is 2.80 bits per heavy atom. The molecule has 84 valence electrons. The summed E-state index contributed by atoms with van der Waals surface area (Å²) < 4.78 is 2.61. The van der Waals surface area contributed by atoms with Gasteiger partial charge in [0.25, 0.3) is 0 Å². The van der Waals surface area contributed by atoms with Crippen LogP contribution in [-0.2, 0) is 17.8 Å². The first-order chi connectivity index (χ1) is 6.97. The van der Waals surface area contributed by atoms with Crippen molar-refractivity contribution in [3.8, 4) is 0 Å². The minimum atomic E-state index is -0.997. The number of nitrogens with two attached hydrogens (primary N) is 1. The third-order valence-corrected chi connectivity index (χ3v) is 3.21. The van der Waals surface area contributed by atoms with Gasteiger partial charge in [0.05, 0.1) is 15.9 Å². The largest absolute Gasteiger partial charge is 0.480 e. The monoisotopic (exact) mass is 275 g/mol. The number of rotatable bonds is 4. The lowest BCUT2D eigenvalue weighted by Crippen LogP contribution is -2.33. The number of carboxylic acids is 1. The minimum absolute atomic E-state index is 0.282. The summed E-state index contributed by atoms with van der Waals surface area (Å²) in [6.45, 7) is 4.52. The van der Waals surface area contributed by atoms with E-state index >= 15 is 0 Å². The van der Waals surface area contributed by atoms with E-state index in [0.29, 0.717) is 6.54 Å². The van der Waals surface area contributed by atoms with Crippen LogP contribution in [0.3, 0.4) is 0 Å². The molecule has 0 aliphatic rings. The summed E-state index contributed by atoms with van der Waals surface area (Å²) in [5, 5.41) is 13.0. The average molecular weight is 276 g/mol. The minimum Gasteiger partial charge on any atom is -0.480 e. The maximum Gasteiger partial charge on any atom is 0.320 e. The Bertz CT molecular complexity index is 376. The SMILES string of the molecule is CCn1nc(C)c(Br)c1CC(N)C(=O)O. The maximum atomic E-state index is 10.7. The van der Waals surface area contributed by atoms with Crippen molar-refractivity contribution in [3.05, 3.63) is 15.9 Å². The molecule has 1 aromatic rings. The Hall–Kier alpha value is -0.880. The van der Waals surface area contributed by atoms with Gasteiger partial charge in [0, 0.05) is 13.0 Å². The molecule has 0 fully saturated rings. The van der Waals surface area contributed by atoms with Crippen LogP contribution in [0.15, 0.2) is 4.47 Å². The van der Waals surface area contributed by atoms with E-state index in [2.05, 4.69) is 21.0 Å². The van der Waals surface area contributed by atoms with Crippen LogP contribution in [-0.4, -0.2) is 26.9 Å². The molecule has 0 aromatic carbocycles. The second-order valence-electron chi connectivity index (χ2n) is 3.31. The Morgan fingerprint density at radius 2 is 2.33 bits per heavy atom. The zero-order valence-corrected chi connectivity index (χ0v) is 10.3. The number of aliphatic carboxylic acids is 1. The fraction of sp³-hybridized carbons (Fsp3) is 0.556. The van der Waals surface area contributed by atoms with Crippen LogP contribution < -0.4 is 5.73 Å². The molecule has 0 amide bonds. The standard InChI is InChI=1S/C9H14BrN3O2/c1-3-13-7(4-6(11)9(14)15)8(10)5(2)12-13/h6H,3-4,11H2,1-2H3,(H,14,15). The first kappa shape index (κ1) is 12.2. The molecule has 0 saturated carbocycles. The number of aryl methyl sites for hydroxylation is 2. The molecule has 1 rings (SSSR count). The normalized spacial score (nSPS) is 12.8. The van der Waals surface area contributed by atoms with Crippen molar-refractivity contribution in [2.75, 3.05) is 0 Å². The van der Waals surface area contributed by atoms with E-state index < -0.39 is 12.0 Å². The van der Waals surface area contributed by atoms with E-state index in [0.717, 1.165) is 15.9 Å². The fourth-order valence-electron chi connectivity index (χ4n) is 1.36. The van der Waals surface area contributed by atoms with Gasteiger partial charge in [-0.2, -0.15) is 5.10 Å². The number of halogens is 1. The molecule has 15 heavy (non-hydrogen) atoms. The zero-order valence-electron chi connectivity index (χ0n) is 8.70. The van der Waals surface area contributed by atoms with Gasteiger partial charge in [-0.15, -0.1) is 0 Å². The van der Waals surface area contributed by atoms with E-state index in [9.17, 15) is 4.79 Å². The van der Waals surface area contributed by atoms with Gasteiger partial charge < -0.3 is 10.8 Å². The molecule has 0 saturated heterocycles. The van der Waals surface area contributed by atoms with Crippen LogP contribution in [0.1, 0.15) is 18.3 Å². The van der Waals surface area contributed by atoms with E-state index in [1.54, 1.807) is 4.68 Å². The van der Waals surface area contributed by atoms with Gasteiger partial charge in [0.2, 0.25) is 0 Å². The third kappa shape index (κ3) is 2.57. The zero-order chi connectivity index (χ0) is 11.6. The Kier molecular flexibility index (Phi) is 3.87. The molecule has 1 aromatic heterocycles. The lowest BCUT2D eigenvalue weighted by atomic mass is 10.1. The Labute approximate surface area is 96.4 Å². The number of hydrogen-bond acceptors (Lipinski definition) is 3. The summed E-state index contributed by atoms with van der Waals surface area (Å²) >= 11 is 3.39. The topological polar surface area (TPSA) is 81.1 Å². The van der Waals surface area contributed by atoms with Crippen LogP contribution in [0.5, 0.6) is 0 Å². The lowest BCUT2D eigenvalue weighted by molar-refractivity contribution is -0.138. The van der Waals surface area contributed by atoms with E-state index in [-0.39, 0.29) is 6.42 Å². The third-order valence-electron chi connectivity index (χ3n) is 2.18. The van der Waals surface area contributed by atoms with Gasteiger partial charge in [-0.3, -0.25) is 9.48 Å². The van der Waals surface area contributed by atoms with Crippen molar-refractivity contribution in [3.63, 3.8) is 0 Å². The predicted molar refractivity (Wildman–Crippen MR) is 59.7 cm³/mol. The highest BCUT2D eigenvalue weighted by atomic mass is 79.9. The average Bonchev–Trinajstić information content (AvgIpc) is 2.45. The van der Waals surface area contributed by atoms with E-state index in [1.807, 2.05) is 13.8 Å². The molecular formula is C9H14BrN3O2. The van der Waals surface area contributed by atoms with Gasteiger partial charge >= 0.3 is 5.97 Å². The van der Waals surface area contributed by atoms with Crippen LogP contribution in [0.25, 0.3) is 0 Å². The molecular weight excluding hydrogens is 262 g/mol. The Balaban J connectivity index is 2.97. The van der Waals surface area contributed by atoms with Crippen molar-refractivity contribution in [1.29, 1.82) is 0 Å². The summed E-state index contributed by atoms with van der Waals surface area (Å²) in [5.41, 5.74) is 7.18. The molecule has 0 aliphatic heterocycles. The number of carbonyl (C=O) groups is 1. The molecule has 5 nitrogen and oxygen atoms in total. The maximum absolute atomic E-state index is 10.7. The molecule has 0 radical (unpaired) electrons. The summed E-state index contributed by atoms with van der Waals surface area (Å²) in [6.07, 6.45) is 0.282. The van der Waals surface area contributed by atoms with Crippen LogP contribution in [0.2, 0.25) is 0 Å². The van der Waals surface area contributed by atoms with Gasteiger partial charge in [0.1, 0.15) is 6.04 Å². The van der Waals surface area contributed by atoms with E-state index in [1.165, 1.54) is 0 Å². The molecule has 1 atom stereocenters. The summed E-state index contributed by atoms with van der Waals surface area (Å²) in [7, 11) is 0. The molecule has 0 aliphatic carbocycles. The lowest BCUT2D eigenvalue weighted by Gasteiger charge is -2.08. The number of carboxylic acid groups (broad SMARTS) is 1. The second-order valence-corrected chi connectivity index (χ2v) is 4.10. The van der Waals surface area contributed by atoms with Crippen LogP contribution in [0, 0.1) is 6.92 Å². The highest BCUT2D eigenvalue weighted by Crippen LogP contribution is 2.22. The second kappa shape index (κ2) is 4.76. The van der Waals surface area contributed by atoms with Crippen molar-refractivity contribution >= 4 is 21.9 Å². The van der Waals surface area contributed by atoms with Crippen LogP contribution in [0.4, 0.5) is 0 Å². The molecule has 3 N–H and O–H groups in total. The van der Waals surface area contributed by atoms with Crippen LogP contribution >= 0.6 is 15.9 Å². The number of hydrogen-bond donors (Lipinski definition) is 2. The molecule has 0 bridgehead atoms. The molecule has 0 spiro atoms. The number of aromatic nitrogens is 2. The summed E-state index contributed by atoms with van der Waals surface area (Å²) in [6, 6.07) is -0.886. The van der Waals surface area contributed by atoms with Gasteiger partial charge in [-0.1, -0.05) is 0 Å². The first-order valence-electron chi connectivity index (χ1n) is 4.67. The quantitative estimate of drug-likeness (QED) is 0.857. The predicted octanol–water partition coefficient (Wildman–Crippen LogP) is 0.928. The summed E-state index contributed by atoms with van der Waals surface area (Å²) in [5.74, 6) is -0.997. The Morgan fingerprint density at radius 1 is 1.73 bits per heavy atom. The van der Waals surface area contributed by atoms with Crippen molar-refractivity contribution in [1.82, 2.24) is 9.78 Å². The molecule has 6 heteroatoms. The highest BCUT2D eigenvalue weighted by Gasteiger charge is 2.19. The fourth-order valence-corrected chi connectivity index (χ4v) is 1.81. The highest BCUT2D eigenvalue weighted by molar-refractivity contribution is 9.10. The molecule has 1 unspecified atom stereocenters. The molecule has 1 heterocycles. The van der Waals surface area contributed by atoms with E-state index in [4.69, 9.17) is 10.8 Å².